The second-order valence-electron chi connectivity index (χ2n) is 9.35. The van der Waals surface area contributed by atoms with Crippen LogP contribution >= 0.6 is 0 Å². The molecule has 0 aliphatic carbocycles. The minimum Gasteiger partial charge on any atom is -0.423 e. The van der Waals surface area contributed by atoms with Crippen LogP contribution in [0, 0.1) is 0 Å². The minimum absolute atomic E-state index is 0.0518. The average molecular weight is 419 g/mol. The number of fused-ring (bicyclic) bond motifs is 3. The van der Waals surface area contributed by atoms with Crippen molar-refractivity contribution in [2.45, 2.75) is 26.2 Å². The third-order valence-electron chi connectivity index (χ3n) is 6.13. The van der Waals surface area contributed by atoms with Gasteiger partial charge in [0, 0.05) is 16.5 Å². The van der Waals surface area contributed by atoms with E-state index < -0.39 is 7.12 Å². The maximum absolute atomic E-state index is 9.73. The van der Waals surface area contributed by atoms with E-state index >= 15 is 0 Å². The first-order valence-electron chi connectivity index (χ1n) is 10.9. The van der Waals surface area contributed by atoms with Gasteiger partial charge in [0.1, 0.15) is 0 Å². The van der Waals surface area contributed by atoms with E-state index in [-0.39, 0.29) is 5.41 Å². The van der Waals surface area contributed by atoms with Gasteiger partial charge in [0.05, 0.1) is 11.0 Å². The van der Waals surface area contributed by atoms with Crippen LogP contribution in [0.1, 0.15) is 26.3 Å². The van der Waals surface area contributed by atoms with Gasteiger partial charge in [0.2, 0.25) is 0 Å². The van der Waals surface area contributed by atoms with Crippen LogP contribution in [0.5, 0.6) is 0 Å². The van der Waals surface area contributed by atoms with Gasteiger partial charge in [-0.05, 0) is 57.9 Å². The number of benzene rings is 4. The Bertz CT molecular complexity index is 1430. The fourth-order valence-electron chi connectivity index (χ4n) is 4.59. The van der Waals surface area contributed by atoms with Crippen molar-refractivity contribution in [2.24, 2.45) is 0 Å². The third-order valence-corrected chi connectivity index (χ3v) is 6.13. The van der Waals surface area contributed by atoms with E-state index in [4.69, 9.17) is 0 Å². The topological polar surface area (TPSA) is 45.4 Å². The number of hydrogen-bond acceptors (Lipinski definition) is 2. The van der Waals surface area contributed by atoms with Crippen LogP contribution in [0.15, 0.2) is 91.0 Å². The van der Waals surface area contributed by atoms with Gasteiger partial charge in [-0.1, -0.05) is 81.4 Å². The zero-order chi connectivity index (χ0) is 22.5. The van der Waals surface area contributed by atoms with Crippen molar-refractivity contribution >= 4 is 34.4 Å². The highest BCUT2D eigenvalue weighted by atomic mass is 16.4. The van der Waals surface area contributed by atoms with Gasteiger partial charge in [0.25, 0.3) is 0 Å². The van der Waals surface area contributed by atoms with Gasteiger partial charge >= 0.3 is 7.12 Å². The summed E-state index contributed by atoms with van der Waals surface area (Å²) in [5.74, 6) is 0. The molecule has 5 rings (SSSR count). The Kier molecular flexibility index (Phi) is 4.92. The standard InChI is InChI=1S/C28H26BNO2/c1-28(2,3)25-18-27-24(17-23(25)19-10-5-4-6-11-19)22-14-7-8-15-26(22)30(27)21-13-9-12-20(16-21)29(31)32/h4-18,31-32H,1-3H3. The summed E-state index contributed by atoms with van der Waals surface area (Å²) in [6.07, 6.45) is 0. The molecule has 4 heteroatoms. The molecule has 1 aromatic heterocycles. The second-order valence-corrected chi connectivity index (χ2v) is 9.35. The largest absolute Gasteiger partial charge is 0.488 e. The molecule has 0 amide bonds. The molecule has 158 valence electrons. The zero-order valence-corrected chi connectivity index (χ0v) is 18.6. The van der Waals surface area contributed by atoms with E-state index in [2.05, 4.69) is 79.9 Å². The molecule has 0 spiro atoms. The first kappa shape index (κ1) is 20.6. The van der Waals surface area contributed by atoms with Crippen molar-refractivity contribution in [1.29, 1.82) is 0 Å². The summed E-state index contributed by atoms with van der Waals surface area (Å²) in [6.45, 7) is 6.74. The number of nitrogens with zero attached hydrogens (tertiary/aromatic N) is 1. The number of rotatable bonds is 3. The fourth-order valence-corrected chi connectivity index (χ4v) is 4.59. The monoisotopic (exact) mass is 419 g/mol. The Morgan fingerprint density at radius 1 is 0.688 bits per heavy atom. The van der Waals surface area contributed by atoms with Crippen LogP contribution < -0.4 is 5.46 Å². The summed E-state index contributed by atoms with van der Waals surface area (Å²) in [6, 6.07) is 31.0. The summed E-state index contributed by atoms with van der Waals surface area (Å²) >= 11 is 0. The van der Waals surface area contributed by atoms with E-state index in [9.17, 15) is 10.0 Å². The van der Waals surface area contributed by atoms with Crippen LogP contribution in [0.3, 0.4) is 0 Å². The highest BCUT2D eigenvalue weighted by Crippen LogP contribution is 2.40. The van der Waals surface area contributed by atoms with Gasteiger partial charge in [-0.2, -0.15) is 0 Å². The highest BCUT2D eigenvalue weighted by Gasteiger charge is 2.23. The van der Waals surface area contributed by atoms with Crippen molar-refractivity contribution in [2.75, 3.05) is 0 Å². The van der Waals surface area contributed by atoms with Crippen LogP contribution in [-0.4, -0.2) is 21.7 Å². The molecule has 0 fully saturated rings. The van der Waals surface area contributed by atoms with Crippen molar-refractivity contribution < 1.29 is 10.0 Å². The molecule has 0 unspecified atom stereocenters. The number of hydrogen-bond donors (Lipinski definition) is 2. The Labute approximate surface area is 188 Å². The maximum atomic E-state index is 9.73. The quantitative estimate of drug-likeness (QED) is 0.383. The fraction of sp³-hybridized carbons (Fsp3) is 0.143. The molecule has 0 saturated carbocycles. The molecule has 0 bridgehead atoms. The predicted octanol–water partition coefficient (Wildman–Crippen LogP) is 5.43. The Morgan fingerprint density at radius 3 is 2.12 bits per heavy atom. The Morgan fingerprint density at radius 2 is 1.41 bits per heavy atom. The van der Waals surface area contributed by atoms with Gasteiger partial charge in [0.15, 0.2) is 0 Å². The molecular weight excluding hydrogens is 393 g/mol. The lowest BCUT2D eigenvalue weighted by molar-refractivity contribution is 0.426. The predicted molar refractivity (Wildman–Crippen MR) is 135 cm³/mol. The number of para-hydroxylation sites is 1. The van der Waals surface area contributed by atoms with Gasteiger partial charge in [-0.3, -0.25) is 0 Å². The molecule has 0 radical (unpaired) electrons. The molecule has 2 N–H and O–H groups in total. The molecular formula is C28H26BNO2. The smallest absolute Gasteiger partial charge is 0.423 e. The highest BCUT2D eigenvalue weighted by molar-refractivity contribution is 6.58. The van der Waals surface area contributed by atoms with E-state index in [0.29, 0.717) is 5.46 Å². The number of aromatic nitrogens is 1. The van der Waals surface area contributed by atoms with Crippen LogP contribution in [-0.2, 0) is 5.41 Å². The first-order chi connectivity index (χ1) is 15.3. The zero-order valence-electron chi connectivity index (χ0n) is 18.6. The molecule has 0 atom stereocenters. The molecule has 0 aliphatic heterocycles. The summed E-state index contributed by atoms with van der Waals surface area (Å²) in [5, 5.41) is 21.8. The van der Waals surface area contributed by atoms with Crippen LogP contribution in [0.2, 0.25) is 0 Å². The molecule has 0 saturated heterocycles. The lowest BCUT2D eigenvalue weighted by atomic mass is 9.80. The van der Waals surface area contributed by atoms with E-state index in [1.165, 1.54) is 27.5 Å². The van der Waals surface area contributed by atoms with Gasteiger partial charge < -0.3 is 14.6 Å². The molecule has 0 aliphatic rings. The molecule has 5 aromatic rings. The van der Waals surface area contributed by atoms with E-state index in [0.717, 1.165) is 16.7 Å². The SMILES string of the molecule is CC(C)(C)c1cc2c(cc1-c1ccccc1)c1ccccc1n2-c1cccc(B(O)O)c1. The second kappa shape index (κ2) is 7.66. The van der Waals surface area contributed by atoms with Crippen LogP contribution in [0.25, 0.3) is 38.6 Å². The third kappa shape index (κ3) is 3.42. The van der Waals surface area contributed by atoms with Gasteiger partial charge in [-0.15, -0.1) is 0 Å². The van der Waals surface area contributed by atoms with Crippen molar-refractivity contribution in [3.05, 3.63) is 96.6 Å². The van der Waals surface area contributed by atoms with Crippen molar-refractivity contribution in [3.63, 3.8) is 0 Å². The maximum Gasteiger partial charge on any atom is 0.488 e. The molecule has 1 heterocycles. The Balaban J connectivity index is 1.91. The average Bonchev–Trinajstić information content (AvgIpc) is 3.12. The van der Waals surface area contributed by atoms with Crippen LogP contribution in [0.4, 0.5) is 0 Å². The van der Waals surface area contributed by atoms with Gasteiger partial charge in [-0.25, -0.2) is 0 Å². The van der Waals surface area contributed by atoms with E-state index in [1.807, 2.05) is 30.3 Å². The lowest BCUT2D eigenvalue weighted by Crippen LogP contribution is -2.29. The summed E-state index contributed by atoms with van der Waals surface area (Å²) in [4.78, 5) is 0. The van der Waals surface area contributed by atoms with E-state index in [1.54, 1.807) is 6.07 Å². The minimum atomic E-state index is -1.50. The molecule has 3 nitrogen and oxygen atoms in total. The lowest BCUT2D eigenvalue weighted by Gasteiger charge is -2.24. The summed E-state index contributed by atoms with van der Waals surface area (Å²) in [7, 11) is -1.50. The molecule has 4 aromatic carbocycles. The van der Waals surface area contributed by atoms with Crippen molar-refractivity contribution in [1.82, 2.24) is 4.57 Å². The Hall–Kier alpha value is -3.34. The van der Waals surface area contributed by atoms with Crippen molar-refractivity contribution in [3.8, 4) is 16.8 Å². The summed E-state index contributed by atoms with van der Waals surface area (Å²) < 4.78 is 2.22. The molecule has 32 heavy (non-hydrogen) atoms. The summed E-state index contributed by atoms with van der Waals surface area (Å²) in [5.41, 5.74) is 7.27. The first-order valence-corrected chi connectivity index (χ1v) is 10.9. The normalized spacial score (nSPS) is 11.9.